The van der Waals surface area contributed by atoms with Crippen molar-refractivity contribution in [2.45, 2.75) is 48.7 Å². The van der Waals surface area contributed by atoms with E-state index in [-0.39, 0.29) is 28.7 Å². The van der Waals surface area contributed by atoms with Gasteiger partial charge in [0.15, 0.2) is 15.0 Å². The first kappa shape index (κ1) is 15.8. The fourth-order valence-electron chi connectivity index (χ4n) is 2.68. The number of aromatic nitrogens is 3. The molecule has 0 N–H and O–H groups in total. The first-order chi connectivity index (χ1) is 10.4. The highest BCUT2D eigenvalue weighted by atomic mass is 32.2. The predicted octanol–water partition coefficient (Wildman–Crippen LogP) is 0.739. The van der Waals surface area contributed by atoms with Gasteiger partial charge in [0.25, 0.3) is 0 Å². The molecule has 1 amide bonds. The van der Waals surface area contributed by atoms with Gasteiger partial charge in [-0.2, -0.15) is 0 Å². The van der Waals surface area contributed by atoms with Crippen molar-refractivity contribution in [2.24, 2.45) is 0 Å². The fourth-order valence-corrected chi connectivity index (χ4v) is 5.45. The van der Waals surface area contributed by atoms with Crippen molar-refractivity contribution >= 4 is 27.5 Å². The van der Waals surface area contributed by atoms with Crippen LogP contribution in [0.15, 0.2) is 11.5 Å². The van der Waals surface area contributed by atoms with Crippen LogP contribution in [0.5, 0.6) is 0 Å². The van der Waals surface area contributed by atoms with E-state index in [2.05, 4.69) is 10.2 Å². The molecule has 1 aromatic heterocycles. The number of amides is 1. The third kappa shape index (κ3) is 3.29. The number of carbonyl (C=O) groups excluding carboxylic acids is 1. The van der Waals surface area contributed by atoms with Crippen LogP contribution in [0.4, 0.5) is 0 Å². The Morgan fingerprint density at radius 2 is 2.18 bits per heavy atom. The first-order valence-electron chi connectivity index (χ1n) is 7.40. The highest BCUT2D eigenvalue weighted by molar-refractivity contribution is 8.00. The Bertz CT molecular complexity index is 669. The average Bonchev–Trinajstić information content (AvgIpc) is 3.10. The molecule has 122 valence electrons. The third-order valence-corrected chi connectivity index (χ3v) is 7.02. The molecule has 0 spiro atoms. The van der Waals surface area contributed by atoms with Gasteiger partial charge in [0, 0.05) is 19.1 Å². The summed E-state index contributed by atoms with van der Waals surface area (Å²) in [6, 6.07) is 0.263. The van der Waals surface area contributed by atoms with E-state index in [9.17, 15) is 13.2 Å². The molecule has 1 aliphatic carbocycles. The van der Waals surface area contributed by atoms with Gasteiger partial charge >= 0.3 is 0 Å². The monoisotopic (exact) mass is 344 g/mol. The van der Waals surface area contributed by atoms with E-state index in [1.807, 2.05) is 11.5 Å². The second kappa shape index (κ2) is 5.84. The SMILES string of the molecule is CC(Sc1nncn1C1CC1)C(=O)N(C)C1CCS(=O)(=O)C1. The van der Waals surface area contributed by atoms with E-state index < -0.39 is 9.84 Å². The molecule has 1 aliphatic heterocycles. The summed E-state index contributed by atoms with van der Waals surface area (Å²) in [5.41, 5.74) is 0. The molecule has 2 atom stereocenters. The minimum absolute atomic E-state index is 0.0579. The molecule has 1 saturated carbocycles. The minimum Gasteiger partial charge on any atom is -0.341 e. The molecule has 22 heavy (non-hydrogen) atoms. The van der Waals surface area contributed by atoms with Crippen LogP contribution in [0.1, 0.15) is 32.2 Å². The van der Waals surface area contributed by atoms with E-state index in [0.717, 1.165) is 18.0 Å². The number of thioether (sulfide) groups is 1. The van der Waals surface area contributed by atoms with Crippen molar-refractivity contribution in [1.29, 1.82) is 0 Å². The molecular formula is C13H20N4O3S2. The van der Waals surface area contributed by atoms with Gasteiger partial charge in [-0.05, 0) is 26.2 Å². The van der Waals surface area contributed by atoms with Gasteiger partial charge in [0.2, 0.25) is 5.91 Å². The lowest BCUT2D eigenvalue weighted by Crippen LogP contribution is -2.41. The van der Waals surface area contributed by atoms with Gasteiger partial charge in [-0.25, -0.2) is 8.42 Å². The second-order valence-electron chi connectivity index (χ2n) is 6.02. The Balaban J connectivity index is 1.63. The summed E-state index contributed by atoms with van der Waals surface area (Å²) >= 11 is 1.39. The summed E-state index contributed by atoms with van der Waals surface area (Å²) in [7, 11) is -1.30. The molecule has 2 fully saturated rings. The van der Waals surface area contributed by atoms with Crippen molar-refractivity contribution in [2.75, 3.05) is 18.6 Å². The predicted molar refractivity (Wildman–Crippen MR) is 83.4 cm³/mol. The third-order valence-electron chi connectivity index (χ3n) is 4.21. The highest BCUT2D eigenvalue weighted by Gasteiger charge is 2.35. The molecular weight excluding hydrogens is 324 g/mol. The second-order valence-corrected chi connectivity index (χ2v) is 9.55. The summed E-state index contributed by atoms with van der Waals surface area (Å²) in [4.78, 5) is 14.1. The summed E-state index contributed by atoms with van der Waals surface area (Å²) in [6.45, 7) is 1.83. The number of hydrogen-bond donors (Lipinski definition) is 0. The van der Waals surface area contributed by atoms with Crippen molar-refractivity contribution in [3.05, 3.63) is 6.33 Å². The Labute approximate surface area is 134 Å². The standard InChI is InChI=1S/C13H20N4O3S2/c1-9(21-13-15-14-8-17(13)10-3-4-10)12(18)16(2)11-5-6-22(19,20)7-11/h8-11H,3-7H2,1-2H3. The summed E-state index contributed by atoms with van der Waals surface area (Å²) < 4.78 is 25.1. The zero-order chi connectivity index (χ0) is 15.9. The van der Waals surface area contributed by atoms with Crippen molar-refractivity contribution in [1.82, 2.24) is 19.7 Å². The van der Waals surface area contributed by atoms with E-state index in [0.29, 0.717) is 12.5 Å². The topological polar surface area (TPSA) is 85.2 Å². The van der Waals surface area contributed by atoms with Crippen LogP contribution in [0.25, 0.3) is 0 Å². The quantitative estimate of drug-likeness (QED) is 0.733. The summed E-state index contributed by atoms with van der Waals surface area (Å²) in [5, 5.41) is 8.46. The number of hydrogen-bond acceptors (Lipinski definition) is 6. The van der Waals surface area contributed by atoms with Crippen LogP contribution in [0.2, 0.25) is 0 Å². The maximum absolute atomic E-state index is 12.5. The molecule has 9 heteroatoms. The van der Waals surface area contributed by atoms with E-state index in [4.69, 9.17) is 0 Å². The zero-order valence-electron chi connectivity index (χ0n) is 12.7. The van der Waals surface area contributed by atoms with Crippen LogP contribution in [-0.2, 0) is 14.6 Å². The van der Waals surface area contributed by atoms with Crippen LogP contribution >= 0.6 is 11.8 Å². The normalized spacial score (nSPS) is 25.1. The van der Waals surface area contributed by atoms with E-state index >= 15 is 0 Å². The zero-order valence-corrected chi connectivity index (χ0v) is 14.3. The average molecular weight is 344 g/mol. The van der Waals surface area contributed by atoms with Crippen molar-refractivity contribution in [3.63, 3.8) is 0 Å². The van der Waals surface area contributed by atoms with E-state index in [1.165, 1.54) is 11.8 Å². The number of carbonyl (C=O) groups is 1. The van der Waals surface area contributed by atoms with Gasteiger partial charge in [0.1, 0.15) is 6.33 Å². The molecule has 2 unspecified atom stereocenters. The van der Waals surface area contributed by atoms with Crippen molar-refractivity contribution in [3.8, 4) is 0 Å². The fraction of sp³-hybridized carbons (Fsp3) is 0.769. The van der Waals surface area contributed by atoms with Crippen LogP contribution < -0.4 is 0 Å². The molecule has 0 radical (unpaired) electrons. The van der Waals surface area contributed by atoms with Crippen molar-refractivity contribution < 1.29 is 13.2 Å². The molecule has 2 heterocycles. The summed E-state index contributed by atoms with van der Waals surface area (Å²) in [5.74, 6) is 0.190. The maximum Gasteiger partial charge on any atom is 0.235 e. The lowest BCUT2D eigenvalue weighted by atomic mass is 10.2. The van der Waals surface area contributed by atoms with Gasteiger partial charge in [-0.1, -0.05) is 11.8 Å². The molecule has 1 aromatic rings. The Morgan fingerprint density at radius 3 is 2.77 bits per heavy atom. The highest BCUT2D eigenvalue weighted by Crippen LogP contribution is 2.38. The largest absolute Gasteiger partial charge is 0.341 e. The van der Waals surface area contributed by atoms with Gasteiger partial charge in [0.05, 0.1) is 16.8 Å². The Kier molecular flexibility index (Phi) is 4.19. The number of nitrogens with zero attached hydrogens (tertiary/aromatic N) is 4. The molecule has 3 rings (SSSR count). The summed E-state index contributed by atoms with van der Waals surface area (Å²) in [6.07, 6.45) is 4.51. The van der Waals surface area contributed by atoms with Gasteiger partial charge in [-0.15, -0.1) is 10.2 Å². The van der Waals surface area contributed by atoms with Gasteiger partial charge in [-0.3, -0.25) is 4.79 Å². The molecule has 1 saturated heterocycles. The van der Waals surface area contributed by atoms with E-state index in [1.54, 1.807) is 18.3 Å². The smallest absolute Gasteiger partial charge is 0.235 e. The number of rotatable bonds is 5. The first-order valence-corrected chi connectivity index (χ1v) is 10.1. The minimum atomic E-state index is -2.99. The van der Waals surface area contributed by atoms with Gasteiger partial charge < -0.3 is 9.47 Å². The molecule has 0 aromatic carbocycles. The number of sulfone groups is 1. The maximum atomic E-state index is 12.5. The lowest BCUT2D eigenvalue weighted by molar-refractivity contribution is -0.130. The van der Waals surface area contributed by atoms with Crippen LogP contribution in [0.3, 0.4) is 0 Å². The molecule has 2 aliphatic rings. The van der Waals surface area contributed by atoms with Crippen LogP contribution in [-0.4, -0.2) is 63.8 Å². The molecule has 7 nitrogen and oxygen atoms in total. The van der Waals surface area contributed by atoms with Crippen LogP contribution in [0, 0.1) is 0 Å². The Hall–Kier alpha value is -1.09. The lowest BCUT2D eigenvalue weighted by Gasteiger charge is -2.26. The Morgan fingerprint density at radius 1 is 1.45 bits per heavy atom. The molecule has 0 bridgehead atoms.